The molecule has 0 radical (unpaired) electrons. The maximum absolute atomic E-state index is 12.5. The van der Waals surface area contributed by atoms with E-state index in [-0.39, 0.29) is 11.9 Å². The zero-order valence-corrected chi connectivity index (χ0v) is 13.9. The Labute approximate surface area is 132 Å². The van der Waals surface area contributed by atoms with Crippen LogP contribution in [0.25, 0.3) is 0 Å². The van der Waals surface area contributed by atoms with Crippen molar-refractivity contribution in [3.05, 3.63) is 34.4 Å². The molecule has 1 aromatic carbocycles. The number of carbonyl (C=O) groups excluding carboxylic acids is 2. The van der Waals surface area contributed by atoms with Crippen molar-refractivity contribution in [2.24, 2.45) is 0 Å². The van der Waals surface area contributed by atoms with Gasteiger partial charge in [0.25, 0.3) is 0 Å². The van der Waals surface area contributed by atoms with Crippen LogP contribution in [-0.2, 0) is 20.7 Å². The Hall–Kier alpha value is -1.84. The first kappa shape index (κ1) is 16.5. The number of amides is 1. The van der Waals surface area contributed by atoms with Crippen LogP contribution in [0.4, 0.5) is 0 Å². The van der Waals surface area contributed by atoms with Gasteiger partial charge in [0, 0.05) is 0 Å². The summed E-state index contributed by atoms with van der Waals surface area (Å²) in [5.41, 5.74) is 3.65. The number of ether oxygens (including phenoxy) is 1. The number of hydrogen-bond acceptors (Lipinski definition) is 3. The van der Waals surface area contributed by atoms with Crippen molar-refractivity contribution >= 4 is 11.9 Å². The average Bonchev–Trinajstić information content (AvgIpc) is 2.91. The molecule has 4 heteroatoms. The number of benzene rings is 1. The molecule has 1 aromatic rings. The maximum atomic E-state index is 12.5. The predicted octanol–water partition coefficient (Wildman–Crippen LogP) is 2.76. The molecule has 0 atom stereocenters. The highest BCUT2D eigenvalue weighted by Crippen LogP contribution is 2.31. The predicted molar refractivity (Wildman–Crippen MR) is 85.7 cm³/mol. The van der Waals surface area contributed by atoms with Gasteiger partial charge in [0.15, 0.2) is 0 Å². The number of nitrogens with one attached hydrogen (secondary N) is 1. The van der Waals surface area contributed by atoms with Gasteiger partial charge in [-0.2, -0.15) is 0 Å². The van der Waals surface area contributed by atoms with E-state index in [0.29, 0.717) is 19.3 Å². The fourth-order valence-corrected chi connectivity index (χ4v) is 3.51. The largest absolute Gasteiger partial charge is 0.467 e. The molecule has 1 aliphatic carbocycles. The van der Waals surface area contributed by atoms with E-state index >= 15 is 0 Å². The summed E-state index contributed by atoms with van der Waals surface area (Å²) >= 11 is 0. The molecule has 1 fully saturated rings. The van der Waals surface area contributed by atoms with Crippen LogP contribution in [0, 0.1) is 20.8 Å². The minimum absolute atomic E-state index is 0.109. The molecule has 1 amide bonds. The zero-order valence-electron chi connectivity index (χ0n) is 13.9. The highest BCUT2D eigenvalue weighted by molar-refractivity contribution is 5.89. The Balaban J connectivity index is 2.14. The van der Waals surface area contributed by atoms with Crippen molar-refractivity contribution in [2.45, 2.75) is 58.4 Å². The highest BCUT2D eigenvalue weighted by Gasteiger charge is 2.43. The number of rotatable bonds is 4. The van der Waals surface area contributed by atoms with Gasteiger partial charge in [-0.25, -0.2) is 4.79 Å². The standard InChI is InChI=1S/C18H25NO3/c1-12-9-13(2)15(14(3)10-12)11-16(20)19-18(17(21)22-4)7-5-6-8-18/h9-10H,5-8,11H2,1-4H3,(H,19,20). The molecule has 22 heavy (non-hydrogen) atoms. The lowest BCUT2D eigenvalue weighted by molar-refractivity contribution is -0.150. The van der Waals surface area contributed by atoms with E-state index in [4.69, 9.17) is 4.74 Å². The molecule has 0 aromatic heterocycles. The number of methoxy groups -OCH3 is 1. The lowest BCUT2D eigenvalue weighted by Crippen LogP contribution is -2.53. The first-order valence-electron chi connectivity index (χ1n) is 7.84. The molecule has 0 spiro atoms. The Morgan fingerprint density at radius 3 is 2.18 bits per heavy atom. The number of aryl methyl sites for hydroxylation is 3. The van der Waals surface area contributed by atoms with E-state index in [0.717, 1.165) is 29.5 Å². The molecule has 0 heterocycles. The molecule has 1 aliphatic rings. The summed E-state index contributed by atoms with van der Waals surface area (Å²) in [4.78, 5) is 24.5. The zero-order chi connectivity index (χ0) is 16.3. The van der Waals surface area contributed by atoms with Crippen molar-refractivity contribution in [2.75, 3.05) is 7.11 Å². The maximum Gasteiger partial charge on any atom is 0.331 e. The van der Waals surface area contributed by atoms with Crippen molar-refractivity contribution < 1.29 is 14.3 Å². The van der Waals surface area contributed by atoms with Crippen molar-refractivity contribution in [1.29, 1.82) is 0 Å². The van der Waals surface area contributed by atoms with Gasteiger partial charge in [0.1, 0.15) is 5.54 Å². The summed E-state index contributed by atoms with van der Waals surface area (Å²) < 4.78 is 4.90. The summed E-state index contributed by atoms with van der Waals surface area (Å²) in [6.07, 6.45) is 3.52. The fourth-order valence-electron chi connectivity index (χ4n) is 3.51. The second kappa shape index (κ2) is 6.51. The van der Waals surface area contributed by atoms with Gasteiger partial charge < -0.3 is 10.1 Å². The molecule has 0 aliphatic heterocycles. The smallest absolute Gasteiger partial charge is 0.331 e. The molecular formula is C18H25NO3. The molecule has 4 nitrogen and oxygen atoms in total. The van der Waals surface area contributed by atoms with Crippen molar-refractivity contribution in [1.82, 2.24) is 5.32 Å². The van der Waals surface area contributed by atoms with Gasteiger partial charge in [0.2, 0.25) is 5.91 Å². The Morgan fingerprint density at radius 1 is 1.14 bits per heavy atom. The second-order valence-electron chi connectivity index (χ2n) is 6.38. The summed E-state index contributed by atoms with van der Waals surface area (Å²) in [5.74, 6) is -0.432. The lowest BCUT2D eigenvalue weighted by atomic mass is 9.94. The van der Waals surface area contributed by atoms with Crippen LogP contribution in [0.1, 0.15) is 47.9 Å². The Bertz CT molecular complexity index is 563. The van der Waals surface area contributed by atoms with E-state index in [1.54, 1.807) is 0 Å². The Kier molecular flexibility index (Phi) is 4.89. The normalized spacial score (nSPS) is 16.4. The third-order valence-electron chi connectivity index (χ3n) is 4.59. The van der Waals surface area contributed by atoms with Crippen LogP contribution in [0.15, 0.2) is 12.1 Å². The van der Waals surface area contributed by atoms with Gasteiger partial charge in [-0.3, -0.25) is 4.79 Å². The van der Waals surface area contributed by atoms with Crippen LogP contribution in [0.2, 0.25) is 0 Å². The quantitative estimate of drug-likeness (QED) is 0.870. The van der Waals surface area contributed by atoms with Crippen LogP contribution >= 0.6 is 0 Å². The number of esters is 1. The molecule has 2 rings (SSSR count). The van der Waals surface area contributed by atoms with Crippen molar-refractivity contribution in [3.63, 3.8) is 0 Å². The molecule has 1 N–H and O–H groups in total. The van der Waals surface area contributed by atoms with Gasteiger partial charge in [0.05, 0.1) is 13.5 Å². The summed E-state index contributed by atoms with van der Waals surface area (Å²) in [7, 11) is 1.38. The molecular weight excluding hydrogens is 278 g/mol. The minimum Gasteiger partial charge on any atom is -0.467 e. The van der Waals surface area contributed by atoms with Crippen molar-refractivity contribution in [3.8, 4) is 0 Å². The van der Waals surface area contributed by atoms with Gasteiger partial charge in [-0.05, 0) is 50.3 Å². The lowest BCUT2D eigenvalue weighted by Gasteiger charge is -2.27. The summed E-state index contributed by atoms with van der Waals surface area (Å²) in [5, 5.41) is 2.95. The Morgan fingerprint density at radius 2 is 1.68 bits per heavy atom. The third kappa shape index (κ3) is 3.32. The van der Waals surface area contributed by atoms with Crippen LogP contribution in [0.5, 0.6) is 0 Å². The average molecular weight is 303 g/mol. The van der Waals surface area contributed by atoms with Gasteiger partial charge in [-0.15, -0.1) is 0 Å². The van der Waals surface area contributed by atoms with E-state index in [2.05, 4.69) is 24.4 Å². The first-order valence-corrected chi connectivity index (χ1v) is 7.84. The molecule has 120 valence electrons. The van der Waals surface area contributed by atoms with Gasteiger partial charge >= 0.3 is 5.97 Å². The second-order valence-corrected chi connectivity index (χ2v) is 6.38. The molecule has 0 bridgehead atoms. The highest BCUT2D eigenvalue weighted by atomic mass is 16.5. The van der Waals surface area contributed by atoms with Crippen LogP contribution in [0.3, 0.4) is 0 Å². The van der Waals surface area contributed by atoms with Gasteiger partial charge in [-0.1, -0.05) is 30.5 Å². The van der Waals surface area contributed by atoms with Crippen LogP contribution < -0.4 is 5.32 Å². The van der Waals surface area contributed by atoms with E-state index in [9.17, 15) is 9.59 Å². The minimum atomic E-state index is -0.821. The SMILES string of the molecule is COC(=O)C1(NC(=O)Cc2c(C)cc(C)cc2C)CCCC1. The van der Waals surface area contributed by atoms with E-state index in [1.807, 2.05) is 13.8 Å². The molecule has 0 saturated heterocycles. The topological polar surface area (TPSA) is 55.4 Å². The fraction of sp³-hybridized carbons (Fsp3) is 0.556. The molecule has 0 unspecified atom stereocenters. The van der Waals surface area contributed by atoms with E-state index in [1.165, 1.54) is 12.7 Å². The summed E-state index contributed by atoms with van der Waals surface area (Å²) in [6.45, 7) is 6.09. The van der Waals surface area contributed by atoms with Crippen LogP contribution in [-0.4, -0.2) is 24.5 Å². The molecule has 1 saturated carbocycles. The number of hydrogen-bond donors (Lipinski definition) is 1. The summed E-state index contributed by atoms with van der Waals surface area (Å²) in [6, 6.07) is 4.17. The first-order chi connectivity index (χ1) is 10.4. The number of carbonyl (C=O) groups is 2. The van der Waals surface area contributed by atoms with E-state index < -0.39 is 5.54 Å². The monoisotopic (exact) mass is 303 g/mol. The third-order valence-corrected chi connectivity index (χ3v) is 4.59.